The molecule has 3 heteroatoms. The zero-order chi connectivity index (χ0) is 14.5. The predicted octanol–water partition coefficient (Wildman–Crippen LogP) is 3.74. The van der Waals surface area contributed by atoms with E-state index in [0.29, 0.717) is 12.3 Å². The number of para-hydroxylation sites is 1. The summed E-state index contributed by atoms with van der Waals surface area (Å²) in [5.74, 6) is 0.740. The maximum Gasteiger partial charge on any atom is 0.162 e. The van der Waals surface area contributed by atoms with E-state index in [0.717, 1.165) is 17.8 Å². The van der Waals surface area contributed by atoms with E-state index >= 15 is 0 Å². The first-order chi connectivity index (χ1) is 9.65. The van der Waals surface area contributed by atoms with Gasteiger partial charge in [-0.1, -0.05) is 24.3 Å². The molecule has 2 aromatic rings. The lowest BCUT2D eigenvalue weighted by atomic mass is 10.1. The molecule has 0 fully saturated rings. The highest BCUT2D eigenvalue weighted by molar-refractivity contribution is 5.52. The average molecular weight is 271 g/mol. The summed E-state index contributed by atoms with van der Waals surface area (Å²) in [5.41, 5.74) is 3.26. The number of aryl methyl sites for hydroxylation is 1. The fourth-order valence-corrected chi connectivity index (χ4v) is 2.28. The maximum atomic E-state index is 10.2. The summed E-state index contributed by atoms with van der Waals surface area (Å²) in [6.07, 6.45) is 0. The van der Waals surface area contributed by atoms with Gasteiger partial charge < -0.3 is 14.7 Å². The van der Waals surface area contributed by atoms with E-state index in [1.807, 2.05) is 12.1 Å². The number of methoxy groups -OCH3 is 1. The minimum atomic E-state index is 0.223. The van der Waals surface area contributed by atoms with Crippen molar-refractivity contribution in [3.8, 4) is 11.5 Å². The van der Waals surface area contributed by atoms with Crippen LogP contribution in [0.25, 0.3) is 0 Å². The Kier molecular flexibility index (Phi) is 4.51. The number of anilines is 1. The summed E-state index contributed by atoms with van der Waals surface area (Å²) >= 11 is 0. The van der Waals surface area contributed by atoms with Crippen LogP contribution in [0.4, 0.5) is 5.69 Å². The first kappa shape index (κ1) is 14.3. The van der Waals surface area contributed by atoms with Crippen molar-refractivity contribution in [1.29, 1.82) is 0 Å². The highest BCUT2D eigenvalue weighted by atomic mass is 16.5. The molecule has 0 saturated carbocycles. The number of benzene rings is 2. The van der Waals surface area contributed by atoms with Crippen LogP contribution >= 0.6 is 0 Å². The molecular formula is C17H21NO2. The average Bonchev–Trinajstić information content (AvgIpc) is 2.46. The number of phenols is 1. The SMILES string of the molecule is CCN(Cc1cccc(OC)c1O)c1cccc(C)c1. The Hall–Kier alpha value is -2.16. The predicted molar refractivity (Wildman–Crippen MR) is 82.6 cm³/mol. The van der Waals surface area contributed by atoms with Crippen LogP contribution in [0.3, 0.4) is 0 Å². The molecule has 0 heterocycles. The second-order valence-electron chi connectivity index (χ2n) is 4.82. The van der Waals surface area contributed by atoms with Gasteiger partial charge in [-0.15, -0.1) is 0 Å². The van der Waals surface area contributed by atoms with Crippen LogP contribution < -0.4 is 9.64 Å². The molecule has 0 saturated heterocycles. The Balaban J connectivity index is 2.27. The number of nitrogens with zero attached hydrogens (tertiary/aromatic N) is 1. The Bertz CT molecular complexity index is 581. The van der Waals surface area contributed by atoms with Crippen molar-refractivity contribution in [3.05, 3.63) is 53.6 Å². The van der Waals surface area contributed by atoms with E-state index in [9.17, 15) is 5.11 Å². The molecule has 106 valence electrons. The third-order valence-corrected chi connectivity index (χ3v) is 3.41. The third-order valence-electron chi connectivity index (χ3n) is 3.41. The highest BCUT2D eigenvalue weighted by Crippen LogP contribution is 2.31. The number of hydrogen-bond donors (Lipinski definition) is 1. The lowest BCUT2D eigenvalue weighted by Gasteiger charge is -2.24. The van der Waals surface area contributed by atoms with Crippen molar-refractivity contribution in [1.82, 2.24) is 0 Å². The van der Waals surface area contributed by atoms with E-state index in [4.69, 9.17) is 4.74 Å². The number of hydrogen-bond acceptors (Lipinski definition) is 3. The fraction of sp³-hybridized carbons (Fsp3) is 0.294. The summed E-state index contributed by atoms with van der Waals surface area (Å²) in [6.45, 7) is 5.73. The molecule has 0 bridgehead atoms. The fourth-order valence-electron chi connectivity index (χ4n) is 2.28. The van der Waals surface area contributed by atoms with Gasteiger partial charge in [0.1, 0.15) is 0 Å². The summed E-state index contributed by atoms with van der Waals surface area (Å²) in [7, 11) is 1.57. The third kappa shape index (κ3) is 3.05. The van der Waals surface area contributed by atoms with Crippen molar-refractivity contribution in [2.75, 3.05) is 18.6 Å². The van der Waals surface area contributed by atoms with Gasteiger partial charge in [-0.3, -0.25) is 0 Å². The van der Waals surface area contributed by atoms with Crippen LogP contribution in [0.2, 0.25) is 0 Å². The molecule has 0 aromatic heterocycles. The van der Waals surface area contributed by atoms with Gasteiger partial charge in [0.05, 0.1) is 7.11 Å². The van der Waals surface area contributed by atoms with Gasteiger partial charge in [-0.25, -0.2) is 0 Å². The van der Waals surface area contributed by atoms with E-state index < -0.39 is 0 Å². The normalized spacial score (nSPS) is 10.3. The van der Waals surface area contributed by atoms with Gasteiger partial charge in [0.15, 0.2) is 11.5 Å². The van der Waals surface area contributed by atoms with Gasteiger partial charge in [0.2, 0.25) is 0 Å². The van der Waals surface area contributed by atoms with Crippen LogP contribution in [0.1, 0.15) is 18.1 Å². The second kappa shape index (κ2) is 6.33. The summed E-state index contributed by atoms with van der Waals surface area (Å²) in [6, 6.07) is 14.0. The summed E-state index contributed by atoms with van der Waals surface area (Å²) < 4.78 is 5.16. The number of phenolic OH excluding ortho intramolecular Hbond substituents is 1. The van der Waals surface area contributed by atoms with Gasteiger partial charge in [-0.2, -0.15) is 0 Å². The molecule has 20 heavy (non-hydrogen) atoms. The Morgan fingerprint density at radius 1 is 1.15 bits per heavy atom. The molecule has 0 aliphatic rings. The van der Waals surface area contributed by atoms with Crippen LogP contribution in [0.15, 0.2) is 42.5 Å². The van der Waals surface area contributed by atoms with Crippen molar-refractivity contribution < 1.29 is 9.84 Å². The molecule has 0 radical (unpaired) electrons. The zero-order valence-electron chi connectivity index (χ0n) is 12.3. The highest BCUT2D eigenvalue weighted by Gasteiger charge is 2.11. The van der Waals surface area contributed by atoms with Crippen molar-refractivity contribution >= 4 is 5.69 Å². The smallest absolute Gasteiger partial charge is 0.162 e. The summed E-state index contributed by atoms with van der Waals surface area (Å²) in [5, 5.41) is 10.2. The summed E-state index contributed by atoms with van der Waals surface area (Å²) in [4.78, 5) is 2.22. The largest absolute Gasteiger partial charge is 0.504 e. The molecular weight excluding hydrogens is 250 g/mol. The molecule has 1 N–H and O–H groups in total. The van der Waals surface area contributed by atoms with Crippen molar-refractivity contribution in [3.63, 3.8) is 0 Å². The monoisotopic (exact) mass is 271 g/mol. The first-order valence-corrected chi connectivity index (χ1v) is 6.82. The van der Waals surface area contributed by atoms with Gasteiger partial charge in [0.25, 0.3) is 0 Å². The van der Waals surface area contributed by atoms with Crippen molar-refractivity contribution in [2.24, 2.45) is 0 Å². The second-order valence-corrected chi connectivity index (χ2v) is 4.82. The molecule has 0 aliphatic heterocycles. The lowest BCUT2D eigenvalue weighted by molar-refractivity contribution is 0.370. The number of ether oxygens (including phenoxy) is 1. The Morgan fingerprint density at radius 2 is 1.90 bits per heavy atom. The van der Waals surface area contributed by atoms with Crippen LogP contribution in [-0.4, -0.2) is 18.8 Å². The van der Waals surface area contributed by atoms with Gasteiger partial charge >= 0.3 is 0 Å². The molecule has 2 aromatic carbocycles. The number of rotatable bonds is 5. The molecule has 3 nitrogen and oxygen atoms in total. The van der Waals surface area contributed by atoms with Crippen molar-refractivity contribution in [2.45, 2.75) is 20.4 Å². The number of aromatic hydroxyl groups is 1. The van der Waals surface area contributed by atoms with Crippen LogP contribution in [-0.2, 0) is 6.54 Å². The van der Waals surface area contributed by atoms with Gasteiger partial charge in [-0.05, 0) is 37.6 Å². The van der Waals surface area contributed by atoms with E-state index in [1.165, 1.54) is 5.56 Å². The lowest BCUT2D eigenvalue weighted by Crippen LogP contribution is -2.22. The molecule has 0 aliphatic carbocycles. The standard InChI is InChI=1S/C17H21NO2/c1-4-18(15-9-5-7-13(2)11-15)12-14-8-6-10-16(20-3)17(14)19/h5-11,19H,4,12H2,1-3H3. The topological polar surface area (TPSA) is 32.7 Å². The minimum absolute atomic E-state index is 0.223. The molecule has 0 amide bonds. The van der Waals surface area contributed by atoms with Crippen LogP contribution in [0.5, 0.6) is 11.5 Å². The quantitative estimate of drug-likeness (QED) is 0.899. The van der Waals surface area contributed by atoms with Gasteiger partial charge in [0, 0.05) is 24.3 Å². The molecule has 0 unspecified atom stereocenters. The Morgan fingerprint density at radius 3 is 2.55 bits per heavy atom. The van der Waals surface area contributed by atoms with Crippen LogP contribution in [0, 0.1) is 6.92 Å². The first-order valence-electron chi connectivity index (χ1n) is 6.82. The molecule has 0 spiro atoms. The van der Waals surface area contributed by atoms with E-state index in [-0.39, 0.29) is 5.75 Å². The molecule has 2 rings (SSSR count). The molecule has 0 atom stereocenters. The van der Waals surface area contributed by atoms with E-state index in [1.54, 1.807) is 13.2 Å². The Labute approximate surface area is 120 Å². The maximum absolute atomic E-state index is 10.2. The zero-order valence-corrected chi connectivity index (χ0v) is 12.3. The minimum Gasteiger partial charge on any atom is -0.504 e. The van der Waals surface area contributed by atoms with E-state index in [2.05, 4.69) is 43.0 Å².